The van der Waals surface area contributed by atoms with Gasteiger partial charge in [0.1, 0.15) is 0 Å². The summed E-state index contributed by atoms with van der Waals surface area (Å²) in [7, 11) is 0. The quantitative estimate of drug-likeness (QED) is 0.924. The van der Waals surface area contributed by atoms with Crippen LogP contribution in [0.3, 0.4) is 0 Å². The molecule has 0 radical (unpaired) electrons. The fourth-order valence-corrected chi connectivity index (χ4v) is 4.31. The number of halogens is 1. The van der Waals surface area contributed by atoms with Crippen molar-refractivity contribution in [2.45, 2.75) is 25.8 Å². The second kappa shape index (κ2) is 6.41. The van der Waals surface area contributed by atoms with Crippen LogP contribution in [0.5, 0.6) is 0 Å². The maximum atomic E-state index is 12.7. The highest BCUT2D eigenvalue weighted by Crippen LogP contribution is 2.35. The third-order valence-corrected chi connectivity index (χ3v) is 5.63. The Hall–Kier alpha value is -1.36. The predicted octanol–water partition coefficient (Wildman–Crippen LogP) is 3.94. The Kier molecular flexibility index (Phi) is 4.52. The number of hydrogen-bond donors (Lipinski definition) is 1. The molecule has 0 spiro atoms. The smallest absolute Gasteiger partial charge is 0.264 e. The van der Waals surface area contributed by atoms with Crippen molar-refractivity contribution in [1.29, 1.82) is 0 Å². The normalized spacial score (nSPS) is 18.0. The number of likely N-dealkylation sites (tertiary alicyclic amines) is 1. The van der Waals surface area contributed by atoms with Gasteiger partial charge in [-0.25, -0.2) is 0 Å². The van der Waals surface area contributed by atoms with E-state index in [-0.39, 0.29) is 11.9 Å². The van der Waals surface area contributed by atoms with E-state index in [0.29, 0.717) is 11.6 Å². The molecule has 1 aliphatic heterocycles. The van der Waals surface area contributed by atoms with Gasteiger partial charge in [-0.1, -0.05) is 23.7 Å². The van der Waals surface area contributed by atoms with E-state index in [0.717, 1.165) is 40.3 Å². The van der Waals surface area contributed by atoms with Crippen LogP contribution >= 0.6 is 22.9 Å². The van der Waals surface area contributed by atoms with E-state index in [1.165, 1.54) is 11.3 Å². The first-order valence-electron chi connectivity index (χ1n) is 7.47. The van der Waals surface area contributed by atoms with Gasteiger partial charge in [0.15, 0.2) is 0 Å². The standard InChI is InChI=1S/C17H19ClN2OS/c1-11-8-15(17(21)20-7-3-6-14(20)10-19)22-16(11)12-4-2-5-13(18)9-12/h2,4-5,8-9,14H,3,6-7,10,19H2,1H3. The van der Waals surface area contributed by atoms with Crippen molar-refractivity contribution in [2.75, 3.05) is 13.1 Å². The van der Waals surface area contributed by atoms with Crippen molar-refractivity contribution in [1.82, 2.24) is 4.90 Å². The molecule has 2 heterocycles. The first-order valence-corrected chi connectivity index (χ1v) is 8.67. The molecule has 2 aromatic rings. The Bertz CT molecular complexity index is 698. The lowest BCUT2D eigenvalue weighted by Gasteiger charge is -2.22. The molecule has 116 valence electrons. The molecule has 1 unspecified atom stereocenters. The topological polar surface area (TPSA) is 46.3 Å². The molecule has 0 aliphatic carbocycles. The highest BCUT2D eigenvalue weighted by Gasteiger charge is 2.29. The molecule has 0 saturated carbocycles. The Morgan fingerprint density at radius 3 is 3.00 bits per heavy atom. The summed E-state index contributed by atoms with van der Waals surface area (Å²) in [6.45, 7) is 3.38. The van der Waals surface area contributed by atoms with Crippen molar-refractivity contribution < 1.29 is 4.79 Å². The molecule has 1 aromatic carbocycles. The maximum Gasteiger partial charge on any atom is 0.264 e. The van der Waals surface area contributed by atoms with Crippen LogP contribution in [0.2, 0.25) is 5.02 Å². The highest BCUT2D eigenvalue weighted by atomic mass is 35.5. The summed E-state index contributed by atoms with van der Waals surface area (Å²) in [6, 6.07) is 9.92. The third-order valence-electron chi connectivity index (χ3n) is 4.13. The van der Waals surface area contributed by atoms with Crippen molar-refractivity contribution in [3.05, 3.63) is 45.8 Å². The first-order chi connectivity index (χ1) is 10.6. The van der Waals surface area contributed by atoms with Gasteiger partial charge in [-0.05, 0) is 49.1 Å². The molecule has 1 aromatic heterocycles. The monoisotopic (exact) mass is 334 g/mol. The summed E-state index contributed by atoms with van der Waals surface area (Å²) in [5.74, 6) is 0.106. The van der Waals surface area contributed by atoms with Gasteiger partial charge in [0.05, 0.1) is 4.88 Å². The highest BCUT2D eigenvalue weighted by molar-refractivity contribution is 7.17. The molecule has 2 N–H and O–H groups in total. The van der Waals surface area contributed by atoms with Gasteiger partial charge in [0.25, 0.3) is 5.91 Å². The zero-order chi connectivity index (χ0) is 15.7. The van der Waals surface area contributed by atoms with E-state index >= 15 is 0 Å². The summed E-state index contributed by atoms with van der Waals surface area (Å²) in [4.78, 5) is 16.5. The minimum Gasteiger partial charge on any atom is -0.334 e. The lowest BCUT2D eigenvalue weighted by atomic mass is 10.1. The van der Waals surface area contributed by atoms with Gasteiger partial charge >= 0.3 is 0 Å². The average Bonchev–Trinajstić information content (AvgIpc) is 3.12. The van der Waals surface area contributed by atoms with Crippen LogP contribution in [-0.4, -0.2) is 29.9 Å². The Balaban J connectivity index is 1.90. The Morgan fingerprint density at radius 2 is 2.27 bits per heavy atom. The number of nitrogens with two attached hydrogens (primary N) is 1. The van der Waals surface area contributed by atoms with Crippen LogP contribution in [0.15, 0.2) is 30.3 Å². The van der Waals surface area contributed by atoms with Gasteiger partial charge in [-0.3, -0.25) is 4.79 Å². The van der Waals surface area contributed by atoms with Crippen LogP contribution in [0.4, 0.5) is 0 Å². The van der Waals surface area contributed by atoms with Crippen molar-refractivity contribution >= 4 is 28.8 Å². The largest absolute Gasteiger partial charge is 0.334 e. The maximum absolute atomic E-state index is 12.7. The van der Waals surface area contributed by atoms with E-state index in [1.54, 1.807) is 0 Å². The van der Waals surface area contributed by atoms with Crippen LogP contribution in [0, 0.1) is 6.92 Å². The van der Waals surface area contributed by atoms with Gasteiger partial charge in [-0.2, -0.15) is 0 Å². The number of hydrogen-bond acceptors (Lipinski definition) is 3. The SMILES string of the molecule is Cc1cc(C(=O)N2CCCC2CN)sc1-c1cccc(Cl)c1. The summed E-state index contributed by atoms with van der Waals surface area (Å²) < 4.78 is 0. The molecule has 1 saturated heterocycles. The van der Waals surface area contributed by atoms with Gasteiger partial charge in [0, 0.05) is 29.0 Å². The van der Waals surface area contributed by atoms with Crippen molar-refractivity contribution in [2.24, 2.45) is 5.73 Å². The number of nitrogens with zero attached hydrogens (tertiary/aromatic N) is 1. The molecule has 3 rings (SSSR count). The lowest BCUT2D eigenvalue weighted by Crippen LogP contribution is -2.39. The van der Waals surface area contributed by atoms with Crippen molar-refractivity contribution in [3.63, 3.8) is 0 Å². The van der Waals surface area contributed by atoms with E-state index in [2.05, 4.69) is 0 Å². The predicted molar refractivity (Wildman–Crippen MR) is 92.6 cm³/mol. The number of thiophene rings is 1. The summed E-state index contributed by atoms with van der Waals surface area (Å²) in [5, 5.41) is 0.709. The molecule has 3 nitrogen and oxygen atoms in total. The minimum atomic E-state index is 0.106. The molecule has 1 amide bonds. The molecule has 22 heavy (non-hydrogen) atoms. The Labute approximate surface area is 139 Å². The van der Waals surface area contributed by atoms with Gasteiger partial charge in [0.2, 0.25) is 0 Å². The van der Waals surface area contributed by atoms with Crippen LogP contribution < -0.4 is 5.73 Å². The molecule has 5 heteroatoms. The summed E-state index contributed by atoms with van der Waals surface area (Å²) in [6.07, 6.45) is 2.05. The third kappa shape index (κ3) is 2.91. The average molecular weight is 335 g/mol. The number of rotatable bonds is 3. The molecular weight excluding hydrogens is 316 g/mol. The molecule has 1 atom stereocenters. The van der Waals surface area contributed by atoms with Crippen LogP contribution in [0.25, 0.3) is 10.4 Å². The lowest BCUT2D eigenvalue weighted by molar-refractivity contribution is 0.0746. The van der Waals surface area contributed by atoms with Crippen molar-refractivity contribution in [3.8, 4) is 10.4 Å². The fraction of sp³-hybridized carbons (Fsp3) is 0.353. The van der Waals surface area contributed by atoms with E-state index in [4.69, 9.17) is 17.3 Å². The number of aryl methyl sites for hydroxylation is 1. The zero-order valence-corrected chi connectivity index (χ0v) is 14.1. The molecule has 0 bridgehead atoms. The van der Waals surface area contributed by atoms with Crippen LogP contribution in [-0.2, 0) is 0 Å². The number of carbonyl (C=O) groups excluding carboxylic acids is 1. The van der Waals surface area contributed by atoms with E-state index in [9.17, 15) is 4.79 Å². The second-order valence-corrected chi connectivity index (χ2v) is 7.15. The number of benzene rings is 1. The number of amides is 1. The van der Waals surface area contributed by atoms with E-state index in [1.807, 2.05) is 42.2 Å². The summed E-state index contributed by atoms with van der Waals surface area (Å²) >= 11 is 7.61. The Morgan fingerprint density at radius 1 is 1.45 bits per heavy atom. The number of carbonyl (C=O) groups is 1. The van der Waals surface area contributed by atoms with Crippen LogP contribution in [0.1, 0.15) is 28.1 Å². The zero-order valence-electron chi connectivity index (χ0n) is 12.5. The van der Waals surface area contributed by atoms with E-state index < -0.39 is 0 Å². The first kappa shape index (κ1) is 15.5. The second-order valence-electron chi connectivity index (χ2n) is 5.66. The fourth-order valence-electron chi connectivity index (χ4n) is 2.99. The summed E-state index contributed by atoms with van der Waals surface area (Å²) in [5.41, 5.74) is 7.95. The van der Waals surface area contributed by atoms with Gasteiger partial charge < -0.3 is 10.6 Å². The van der Waals surface area contributed by atoms with Gasteiger partial charge in [-0.15, -0.1) is 11.3 Å². The molecule has 1 fully saturated rings. The molecular formula is C17H19ClN2OS. The molecule has 1 aliphatic rings. The minimum absolute atomic E-state index is 0.106.